The zero-order valence-electron chi connectivity index (χ0n) is 41.8. The van der Waals surface area contributed by atoms with E-state index < -0.39 is 0 Å². The SMILES string of the molecule is Cc1cc(C)c(B(c2ccc(-c3cccc4c3Oc3c(-c5ccc(B(c6c(C)cc(C)cc6C)c6c(C)cc(C)cc6C)cc5)cccc3C4(C)C)cc2)c2c(C)cc(C)cc2C)c(C)c1. The molecule has 0 amide bonds. The molecule has 3 heteroatoms. The number of para-hydroxylation sites is 2. The molecule has 0 N–H and O–H groups in total. The molecule has 0 fully saturated rings. The summed E-state index contributed by atoms with van der Waals surface area (Å²) in [5.74, 6) is 1.88. The molecule has 0 radical (unpaired) electrons. The third kappa shape index (κ3) is 7.85. The standard InChI is InChI=1S/C63H64B2O/c1-37-29-41(5)57(42(6)30-37)64(58-43(7)31-38(2)32-44(58)8)51-25-21-49(22-26-51)53-17-15-19-55-61(53)66-62-54(18-16-20-56(62)63(55,13)14)50-23-27-52(28-24-50)65(59-45(9)33-39(3)34-46(59)10)60-47(11)35-40(4)36-48(60)12/h15-36H,1-14H3. The van der Waals surface area contributed by atoms with E-state index in [1.165, 1.54) is 111 Å². The molecular formula is C63H64B2O. The van der Waals surface area contributed by atoms with E-state index in [4.69, 9.17) is 4.74 Å². The Hall–Kier alpha value is -6.31. The van der Waals surface area contributed by atoms with Crippen LogP contribution in [0.5, 0.6) is 11.5 Å². The second-order valence-corrected chi connectivity index (χ2v) is 20.5. The predicted octanol–water partition coefficient (Wildman–Crippen LogP) is 12.2. The highest BCUT2D eigenvalue weighted by Crippen LogP contribution is 2.53. The van der Waals surface area contributed by atoms with Crippen LogP contribution in [0.3, 0.4) is 0 Å². The summed E-state index contributed by atoms with van der Waals surface area (Å²) in [6.45, 7) is 32.0. The summed E-state index contributed by atoms with van der Waals surface area (Å²) in [5, 5.41) is 0. The second-order valence-electron chi connectivity index (χ2n) is 20.5. The molecule has 0 saturated carbocycles. The summed E-state index contributed by atoms with van der Waals surface area (Å²) in [5.41, 5.74) is 30.8. The van der Waals surface area contributed by atoms with Crippen LogP contribution in [0.1, 0.15) is 91.7 Å². The Kier molecular flexibility index (Phi) is 11.7. The largest absolute Gasteiger partial charge is 0.455 e. The molecule has 1 heterocycles. The molecular weight excluding hydrogens is 794 g/mol. The van der Waals surface area contributed by atoms with Crippen LogP contribution in [0.4, 0.5) is 0 Å². The van der Waals surface area contributed by atoms with Crippen LogP contribution >= 0.6 is 0 Å². The molecule has 1 aliphatic rings. The molecule has 0 bridgehead atoms. The lowest BCUT2D eigenvalue weighted by atomic mass is 9.34. The van der Waals surface area contributed by atoms with Gasteiger partial charge in [-0.2, -0.15) is 0 Å². The average Bonchev–Trinajstić information content (AvgIpc) is 3.24. The van der Waals surface area contributed by atoms with E-state index >= 15 is 0 Å². The van der Waals surface area contributed by atoms with E-state index in [0.29, 0.717) is 0 Å². The lowest BCUT2D eigenvalue weighted by Gasteiger charge is -2.36. The van der Waals surface area contributed by atoms with Crippen LogP contribution in [0.2, 0.25) is 0 Å². The minimum Gasteiger partial charge on any atom is -0.455 e. The summed E-state index contributed by atoms with van der Waals surface area (Å²) in [6.07, 6.45) is 0. The first-order valence-corrected chi connectivity index (χ1v) is 23.9. The first kappa shape index (κ1) is 44.9. The van der Waals surface area contributed by atoms with E-state index in [0.717, 1.165) is 33.8 Å². The van der Waals surface area contributed by atoms with Crippen LogP contribution < -0.4 is 37.5 Å². The van der Waals surface area contributed by atoms with E-state index in [1.807, 2.05) is 0 Å². The summed E-state index contributed by atoms with van der Waals surface area (Å²) in [7, 11) is 0. The normalized spacial score (nSPS) is 12.6. The van der Waals surface area contributed by atoms with Crippen molar-refractivity contribution in [3.8, 4) is 33.8 Å². The van der Waals surface area contributed by atoms with Crippen LogP contribution in [0.25, 0.3) is 22.3 Å². The van der Waals surface area contributed by atoms with Crippen molar-refractivity contribution in [2.75, 3.05) is 0 Å². The summed E-state index contributed by atoms with van der Waals surface area (Å²) < 4.78 is 7.29. The van der Waals surface area contributed by atoms with Gasteiger partial charge in [0.2, 0.25) is 13.4 Å². The topological polar surface area (TPSA) is 9.23 Å². The Morgan fingerprint density at radius 2 is 0.591 bits per heavy atom. The number of rotatable bonds is 8. The van der Waals surface area contributed by atoms with Gasteiger partial charge in [-0.15, -0.1) is 0 Å². The number of hydrogen-bond donors (Lipinski definition) is 0. The Bertz CT molecular complexity index is 2780. The third-order valence-corrected chi connectivity index (χ3v) is 14.8. The van der Waals surface area contributed by atoms with Gasteiger partial charge < -0.3 is 4.74 Å². The molecule has 328 valence electrons. The maximum absolute atomic E-state index is 7.29. The minimum absolute atomic E-state index is 0.117. The average molecular weight is 859 g/mol. The van der Waals surface area contributed by atoms with Gasteiger partial charge in [0.05, 0.1) is 0 Å². The van der Waals surface area contributed by atoms with Crippen LogP contribution in [0, 0.1) is 83.1 Å². The van der Waals surface area contributed by atoms with Gasteiger partial charge >= 0.3 is 0 Å². The first-order valence-electron chi connectivity index (χ1n) is 23.9. The Morgan fingerprint density at radius 3 is 0.848 bits per heavy atom. The van der Waals surface area contributed by atoms with E-state index in [2.05, 4.69) is 230 Å². The van der Waals surface area contributed by atoms with Crippen molar-refractivity contribution >= 4 is 46.2 Å². The molecule has 0 unspecified atom stereocenters. The van der Waals surface area contributed by atoms with Crippen molar-refractivity contribution in [2.45, 2.75) is 102 Å². The third-order valence-electron chi connectivity index (χ3n) is 14.8. The molecule has 0 aliphatic carbocycles. The zero-order valence-corrected chi connectivity index (χ0v) is 41.8. The lowest BCUT2D eigenvalue weighted by molar-refractivity contribution is 0.421. The number of ether oxygens (including phenoxy) is 1. The molecule has 8 aromatic carbocycles. The number of aryl methyl sites for hydroxylation is 12. The fourth-order valence-corrected chi connectivity index (χ4v) is 12.2. The number of hydrogen-bond acceptors (Lipinski definition) is 1. The molecule has 66 heavy (non-hydrogen) atoms. The van der Waals surface area contributed by atoms with Gasteiger partial charge in [0.1, 0.15) is 11.5 Å². The van der Waals surface area contributed by atoms with Crippen molar-refractivity contribution in [2.24, 2.45) is 0 Å². The highest BCUT2D eigenvalue weighted by Gasteiger charge is 2.37. The van der Waals surface area contributed by atoms with Crippen molar-refractivity contribution in [1.29, 1.82) is 0 Å². The van der Waals surface area contributed by atoms with Crippen LogP contribution in [-0.2, 0) is 5.41 Å². The monoisotopic (exact) mass is 859 g/mol. The maximum Gasteiger partial charge on any atom is 0.242 e. The Balaban J connectivity index is 1.12. The van der Waals surface area contributed by atoms with E-state index in [9.17, 15) is 0 Å². The first-order chi connectivity index (χ1) is 31.4. The molecule has 8 aromatic rings. The fourth-order valence-electron chi connectivity index (χ4n) is 12.2. The summed E-state index contributed by atoms with van der Waals surface area (Å²) in [6, 6.07) is 50.8. The van der Waals surface area contributed by atoms with Crippen molar-refractivity contribution < 1.29 is 4.74 Å². The van der Waals surface area contributed by atoms with Gasteiger partial charge in [0, 0.05) is 27.7 Å². The van der Waals surface area contributed by atoms with E-state index in [1.54, 1.807) is 0 Å². The van der Waals surface area contributed by atoms with Gasteiger partial charge in [-0.25, -0.2) is 0 Å². The number of fused-ring (bicyclic) bond motifs is 2. The molecule has 0 atom stereocenters. The fraction of sp³-hybridized carbons (Fsp3) is 0.238. The summed E-state index contributed by atoms with van der Waals surface area (Å²) in [4.78, 5) is 0. The smallest absolute Gasteiger partial charge is 0.242 e. The van der Waals surface area contributed by atoms with E-state index in [-0.39, 0.29) is 18.8 Å². The zero-order chi connectivity index (χ0) is 46.9. The Morgan fingerprint density at radius 1 is 0.333 bits per heavy atom. The number of benzene rings is 8. The quantitative estimate of drug-likeness (QED) is 0.138. The van der Waals surface area contributed by atoms with Crippen molar-refractivity contribution in [3.05, 3.63) is 211 Å². The molecule has 9 rings (SSSR count). The molecule has 0 aromatic heterocycles. The van der Waals surface area contributed by atoms with Gasteiger partial charge in [-0.05, 0) is 94.2 Å². The van der Waals surface area contributed by atoms with Crippen molar-refractivity contribution in [1.82, 2.24) is 0 Å². The van der Waals surface area contributed by atoms with Crippen LogP contribution in [0.15, 0.2) is 133 Å². The maximum atomic E-state index is 7.29. The van der Waals surface area contributed by atoms with Gasteiger partial charge in [0.25, 0.3) is 0 Å². The predicted molar refractivity (Wildman–Crippen MR) is 288 cm³/mol. The van der Waals surface area contributed by atoms with Crippen LogP contribution in [-0.4, -0.2) is 13.4 Å². The van der Waals surface area contributed by atoms with Gasteiger partial charge in [0.15, 0.2) is 0 Å². The Labute approximate surface area is 396 Å². The molecule has 0 saturated heterocycles. The van der Waals surface area contributed by atoms with Gasteiger partial charge in [-0.3, -0.25) is 0 Å². The minimum atomic E-state index is -0.285. The summed E-state index contributed by atoms with van der Waals surface area (Å²) >= 11 is 0. The molecule has 1 aliphatic heterocycles. The second kappa shape index (κ2) is 17.2. The highest BCUT2D eigenvalue weighted by atomic mass is 16.5. The highest BCUT2D eigenvalue weighted by molar-refractivity contribution is 6.97. The molecule has 0 spiro atoms. The van der Waals surface area contributed by atoms with Crippen molar-refractivity contribution in [3.63, 3.8) is 0 Å². The molecule has 1 nitrogen and oxygen atoms in total. The van der Waals surface area contributed by atoms with Gasteiger partial charge in [-0.1, -0.05) is 247 Å². The lowest BCUT2D eigenvalue weighted by Crippen LogP contribution is -2.55.